The monoisotopic (exact) mass is 373 g/mol. The van der Waals surface area contributed by atoms with Crippen LogP contribution in [0.5, 0.6) is 5.88 Å². The van der Waals surface area contributed by atoms with Crippen LogP contribution in [0.2, 0.25) is 0 Å². The van der Waals surface area contributed by atoms with Crippen LogP contribution in [0.4, 0.5) is 13.2 Å². The van der Waals surface area contributed by atoms with Crippen LogP contribution in [0.3, 0.4) is 0 Å². The first-order valence-electron chi connectivity index (χ1n) is 7.36. The van der Waals surface area contributed by atoms with Crippen molar-refractivity contribution in [3.05, 3.63) is 40.0 Å². The second-order valence-electron chi connectivity index (χ2n) is 5.02. The van der Waals surface area contributed by atoms with Gasteiger partial charge in [0.1, 0.15) is 5.01 Å². The lowest BCUT2D eigenvalue weighted by molar-refractivity contribution is -0.154. The van der Waals surface area contributed by atoms with Gasteiger partial charge in [-0.15, -0.1) is 11.3 Å². The van der Waals surface area contributed by atoms with Crippen molar-refractivity contribution in [1.29, 1.82) is 0 Å². The molecule has 0 radical (unpaired) electrons. The van der Waals surface area contributed by atoms with Crippen LogP contribution in [0.15, 0.2) is 29.5 Å². The van der Waals surface area contributed by atoms with E-state index in [9.17, 15) is 13.2 Å². The van der Waals surface area contributed by atoms with Gasteiger partial charge in [-0.3, -0.25) is 4.99 Å². The maximum atomic E-state index is 12.3. The van der Waals surface area contributed by atoms with Gasteiger partial charge >= 0.3 is 6.18 Å². The minimum absolute atomic E-state index is 0.0571. The number of ether oxygens (including phenoxy) is 1. The van der Waals surface area contributed by atoms with Crippen molar-refractivity contribution in [2.24, 2.45) is 4.99 Å². The highest BCUT2D eigenvalue weighted by molar-refractivity contribution is 7.11. The fraction of sp³-hybridized carbons (Fsp3) is 0.400. The Bertz CT molecular complexity index is 717. The summed E-state index contributed by atoms with van der Waals surface area (Å²) in [5.41, 5.74) is 0.500. The molecule has 0 aliphatic rings. The average Bonchev–Trinajstić information content (AvgIpc) is 2.98. The molecule has 2 aromatic rings. The minimum atomic E-state index is -4.41. The third kappa shape index (κ3) is 6.57. The van der Waals surface area contributed by atoms with Crippen LogP contribution >= 0.6 is 11.3 Å². The van der Waals surface area contributed by atoms with E-state index in [1.807, 2.05) is 6.92 Å². The topological polar surface area (TPSA) is 71.4 Å². The number of hydrogen-bond acceptors (Lipinski definition) is 5. The summed E-state index contributed by atoms with van der Waals surface area (Å²) in [6, 6.07) is 3.27. The maximum Gasteiger partial charge on any atom is 0.422 e. The molecule has 0 atom stereocenters. The van der Waals surface area contributed by atoms with E-state index in [1.165, 1.54) is 6.20 Å². The van der Waals surface area contributed by atoms with Gasteiger partial charge < -0.3 is 15.4 Å². The van der Waals surface area contributed by atoms with E-state index in [0.717, 1.165) is 9.88 Å². The van der Waals surface area contributed by atoms with Gasteiger partial charge in [0.05, 0.1) is 6.54 Å². The van der Waals surface area contributed by atoms with Crippen LogP contribution < -0.4 is 15.4 Å². The van der Waals surface area contributed by atoms with Crippen molar-refractivity contribution in [1.82, 2.24) is 20.6 Å². The van der Waals surface area contributed by atoms with Crippen LogP contribution in [0, 0.1) is 6.92 Å². The Morgan fingerprint density at radius 3 is 2.68 bits per heavy atom. The first kappa shape index (κ1) is 19.0. The smallest absolute Gasteiger partial charge is 0.422 e. The number of nitrogens with one attached hydrogen (secondary N) is 2. The molecule has 2 aromatic heterocycles. The maximum absolute atomic E-state index is 12.3. The van der Waals surface area contributed by atoms with E-state index in [0.29, 0.717) is 18.1 Å². The number of thiazole rings is 1. The molecule has 25 heavy (non-hydrogen) atoms. The van der Waals surface area contributed by atoms with Gasteiger partial charge in [-0.1, -0.05) is 6.07 Å². The number of nitrogens with zero attached hydrogens (tertiary/aromatic N) is 3. The molecule has 0 saturated heterocycles. The Kier molecular flexibility index (Phi) is 6.57. The lowest BCUT2D eigenvalue weighted by Gasteiger charge is -2.14. The highest BCUT2D eigenvalue weighted by Gasteiger charge is 2.29. The lowest BCUT2D eigenvalue weighted by atomic mass is 10.2. The molecule has 2 rings (SSSR count). The first-order valence-corrected chi connectivity index (χ1v) is 8.18. The second kappa shape index (κ2) is 8.65. The molecule has 6 nitrogen and oxygen atoms in total. The van der Waals surface area contributed by atoms with E-state index in [1.54, 1.807) is 36.7 Å². The molecule has 0 saturated carbocycles. The zero-order chi connectivity index (χ0) is 18.3. The molecule has 136 valence electrons. The number of alkyl halides is 3. The Balaban J connectivity index is 1.90. The standard InChI is InChI=1S/C15H18F3N5OS/c1-10-6-21-12(25-10)8-23-14(19-2)22-7-11-4-3-5-20-13(11)24-9-15(16,17)18/h3-6H,7-9H2,1-2H3,(H2,19,22,23). The summed E-state index contributed by atoms with van der Waals surface area (Å²) in [6.45, 7) is 1.31. The molecular weight excluding hydrogens is 355 g/mol. The number of pyridine rings is 1. The van der Waals surface area contributed by atoms with E-state index < -0.39 is 12.8 Å². The summed E-state index contributed by atoms with van der Waals surface area (Å²) in [7, 11) is 1.60. The molecule has 2 heterocycles. The molecule has 0 unspecified atom stereocenters. The second-order valence-corrected chi connectivity index (χ2v) is 6.33. The van der Waals surface area contributed by atoms with Crippen LogP contribution in [0.25, 0.3) is 0 Å². The normalized spacial score (nSPS) is 12.1. The van der Waals surface area contributed by atoms with E-state index in [-0.39, 0.29) is 12.4 Å². The Hall–Kier alpha value is -2.36. The summed E-state index contributed by atoms with van der Waals surface area (Å²) < 4.78 is 41.7. The predicted molar refractivity (Wildman–Crippen MR) is 89.7 cm³/mol. The van der Waals surface area contributed by atoms with Crippen molar-refractivity contribution in [2.75, 3.05) is 13.7 Å². The molecule has 10 heteroatoms. The number of hydrogen-bond donors (Lipinski definition) is 2. The van der Waals surface area contributed by atoms with Crippen molar-refractivity contribution < 1.29 is 17.9 Å². The summed E-state index contributed by atoms with van der Waals surface area (Å²) in [4.78, 5) is 13.3. The highest BCUT2D eigenvalue weighted by Crippen LogP contribution is 2.19. The first-order chi connectivity index (χ1) is 11.9. The summed E-state index contributed by atoms with van der Waals surface area (Å²) in [6.07, 6.45) is -1.24. The van der Waals surface area contributed by atoms with Gasteiger partial charge in [0.25, 0.3) is 0 Å². The molecular formula is C15H18F3N5OS. The van der Waals surface area contributed by atoms with E-state index in [4.69, 9.17) is 4.74 Å². The lowest BCUT2D eigenvalue weighted by Crippen LogP contribution is -2.36. The molecule has 0 aromatic carbocycles. The van der Waals surface area contributed by atoms with Crippen molar-refractivity contribution in [2.45, 2.75) is 26.2 Å². The van der Waals surface area contributed by atoms with Crippen LogP contribution in [-0.2, 0) is 13.1 Å². The fourth-order valence-corrected chi connectivity index (χ4v) is 2.61. The highest BCUT2D eigenvalue weighted by atomic mass is 32.1. The largest absolute Gasteiger partial charge is 0.468 e. The number of aryl methyl sites for hydroxylation is 1. The van der Waals surface area contributed by atoms with Crippen molar-refractivity contribution in [3.8, 4) is 5.88 Å². The molecule has 2 N–H and O–H groups in total. The Labute approximate surface area is 147 Å². The minimum Gasteiger partial charge on any atom is -0.468 e. The van der Waals surface area contributed by atoms with E-state index >= 15 is 0 Å². The molecule has 0 fully saturated rings. The van der Waals surface area contributed by atoms with Gasteiger partial charge in [0, 0.05) is 36.4 Å². The third-order valence-corrected chi connectivity index (χ3v) is 3.88. The van der Waals surface area contributed by atoms with Crippen molar-refractivity contribution in [3.63, 3.8) is 0 Å². The zero-order valence-electron chi connectivity index (χ0n) is 13.7. The molecule has 0 amide bonds. The number of aromatic nitrogens is 2. The molecule has 0 bridgehead atoms. The predicted octanol–water partition coefficient (Wildman–Crippen LogP) is 2.65. The molecule has 0 aliphatic carbocycles. The van der Waals surface area contributed by atoms with Crippen LogP contribution in [0.1, 0.15) is 15.4 Å². The number of aliphatic imine (C=N–C) groups is 1. The summed E-state index contributed by atoms with van der Waals surface area (Å²) in [5, 5.41) is 7.02. The number of halogens is 3. The zero-order valence-corrected chi connectivity index (χ0v) is 14.5. The number of guanidine groups is 1. The average molecular weight is 373 g/mol. The molecule has 0 aliphatic heterocycles. The summed E-state index contributed by atoms with van der Waals surface area (Å²) >= 11 is 1.57. The van der Waals surface area contributed by atoms with Gasteiger partial charge in [0.2, 0.25) is 5.88 Å². The van der Waals surface area contributed by atoms with Gasteiger partial charge in [-0.05, 0) is 13.0 Å². The Morgan fingerprint density at radius 2 is 2.04 bits per heavy atom. The fourth-order valence-electron chi connectivity index (χ4n) is 1.88. The van der Waals surface area contributed by atoms with Gasteiger partial charge in [-0.2, -0.15) is 13.2 Å². The van der Waals surface area contributed by atoms with Gasteiger partial charge in [0.15, 0.2) is 12.6 Å². The number of rotatable bonds is 6. The van der Waals surface area contributed by atoms with E-state index in [2.05, 4.69) is 25.6 Å². The van der Waals surface area contributed by atoms with Crippen LogP contribution in [-0.4, -0.2) is 35.8 Å². The quantitative estimate of drug-likeness (QED) is 0.602. The summed E-state index contributed by atoms with van der Waals surface area (Å²) in [5.74, 6) is 0.441. The molecule has 0 spiro atoms. The SMILES string of the molecule is CN=C(NCc1ncc(C)s1)NCc1cccnc1OCC(F)(F)F. The van der Waals surface area contributed by atoms with Gasteiger partial charge in [-0.25, -0.2) is 9.97 Å². The Morgan fingerprint density at radius 1 is 1.28 bits per heavy atom. The third-order valence-electron chi connectivity index (χ3n) is 2.97. The van der Waals surface area contributed by atoms with Crippen molar-refractivity contribution >= 4 is 17.3 Å².